The second-order valence-corrected chi connectivity index (χ2v) is 6.36. The molecule has 0 atom stereocenters. The van der Waals surface area contributed by atoms with Gasteiger partial charge >= 0.3 is 0 Å². The molecule has 0 bridgehead atoms. The average Bonchev–Trinajstić information content (AvgIpc) is 2.98. The third kappa shape index (κ3) is 4.10. The van der Waals surface area contributed by atoms with E-state index in [-0.39, 0.29) is 12.5 Å². The van der Waals surface area contributed by atoms with Crippen molar-refractivity contribution in [2.75, 3.05) is 50.2 Å². The van der Waals surface area contributed by atoms with E-state index in [0.29, 0.717) is 48.0 Å². The Morgan fingerprint density at radius 1 is 1.23 bits per heavy atom. The van der Waals surface area contributed by atoms with Crippen LogP contribution in [0.15, 0.2) is 10.5 Å². The minimum Gasteiger partial charge on any atom is -0.466 e. The summed E-state index contributed by atoms with van der Waals surface area (Å²) in [5.41, 5.74) is 0.526. The highest BCUT2D eigenvalue weighted by Crippen LogP contribution is 2.15. The quantitative estimate of drug-likeness (QED) is 0.841. The van der Waals surface area contributed by atoms with E-state index in [0.717, 1.165) is 13.1 Å². The van der Waals surface area contributed by atoms with Gasteiger partial charge in [-0.2, -0.15) is 15.0 Å². The monoisotopic (exact) mass is 360 g/mol. The molecular formula is C17H24N6O3. The van der Waals surface area contributed by atoms with Crippen LogP contribution in [-0.4, -0.2) is 61.3 Å². The Bertz CT molecular complexity index is 783. The minimum absolute atomic E-state index is 0.209. The van der Waals surface area contributed by atoms with E-state index in [1.807, 2.05) is 25.9 Å². The largest absolute Gasteiger partial charge is 0.466 e. The molecule has 0 unspecified atom stereocenters. The lowest BCUT2D eigenvalue weighted by molar-refractivity contribution is 0.0948. The fourth-order valence-electron chi connectivity index (χ4n) is 2.69. The molecule has 9 heteroatoms. The SMILES string of the molecule is Cc1cc(C(=O)NCc2nc(N(C)C)nc(N3CCOCC3)n2)c(C)o1. The molecule has 2 aromatic heterocycles. The van der Waals surface area contributed by atoms with Crippen LogP contribution in [0.3, 0.4) is 0 Å². The third-order valence-corrected chi connectivity index (χ3v) is 4.04. The maximum absolute atomic E-state index is 12.4. The smallest absolute Gasteiger partial charge is 0.255 e. The highest BCUT2D eigenvalue weighted by Gasteiger charge is 2.18. The van der Waals surface area contributed by atoms with Crippen molar-refractivity contribution in [3.05, 3.63) is 29.0 Å². The number of amides is 1. The number of hydrogen-bond donors (Lipinski definition) is 1. The number of nitrogens with one attached hydrogen (secondary N) is 1. The van der Waals surface area contributed by atoms with Gasteiger partial charge in [0.15, 0.2) is 5.82 Å². The van der Waals surface area contributed by atoms with Crippen LogP contribution < -0.4 is 15.1 Å². The zero-order valence-electron chi connectivity index (χ0n) is 15.6. The van der Waals surface area contributed by atoms with Crippen molar-refractivity contribution in [1.82, 2.24) is 20.3 Å². The summed E-state index contributed by atoms with van der Waals surface area (Å²) in [7, 11) is 3.75. The Balaban J connectivity index is 1.76. The molecule has 1 N–H and O–H groups in total. The van der Waals surface area contributed by atoms with Gasteiger partial charge in [0, 0.05) is 27.2 Å². The third-order valence-electron chi connectivity index (χ3n) is 4.04. The number of rotatable bonds is 5. The summed E-state index contributed by atoms with van der Waals surface area (Å²) in [5, 5.41) is 2.85. The van der Waals surface area contributed by atoms with Gasteiger partial charge in [0.25, 0.3) is 5.91 Å². The molecule has 0 spiro atoms. The van der Waals surface area contributed by atoms with Crippen molar-refractivity contribution in [1.29, 1.82) is 0 Å². The van der Waals surface area contributed by atoms with Gasteiger partial charge in [0.1, 0.15) is 11.5 Å². The van der Waals surface area contributed by atoms with E-state index in [1.54, 1.807) is 13.0 Å². The summed E-state index contributed by atoms with van der Waals surface area (Å²) >= 11 is 0. The van der Waals surface area contributed by atoms with Crippen LogP contribution in [0.1, 0.15) is 27.7 Å². The Morgan fingerprint density at radius 2 is 1.96 bits per heavy atom. The summed E-state index contributed by atoms with van der Waals surface area (Å²) in [6.45, 7) is 6.55. The summed E-state index contributed by atoms with van der Waals surface area (Å²) in [6.07, 6.45) is 0. The number of nitrogens with zero attached hydrogens (tertiary/aromatic N) is 5. The van der Waals surface area contributed by atoms with Crippen molar-refractivity contribution < 1.29 is 13.9 Å². The molecule has 1 aliphatic rings. The van der Waals surface area contributed by atoms with Gasteiger partial charge in [0.05, 0.1) is 25.3 Å². The van der Waals surface area contributed by atoms with Crippen LogP contribution in [0, 0.1) is 13.8 Å². The first-order valence-electron chi connectivity index (χ1n) is 8.54. The van der Waals surface area contributed by atoms with Crippen molar-refractivity contribution in [3.63, 3.8) is 0 Å². The lowest BCUT2D eigenvalue weighted by Crippen LogP contribution is -2.38. The number of hydrogen-bond acceptors (Lipinski definition) is 8. The van der Waals surface area contributed by atoms with Gasteiger partial charge in [-0.15, -0.1) is 0 Å². The molecule has 140 valence electrons. The number of aryl methyl sites for hydroxylation is 2. The summed E-state index contributed by atoms with van der Waals surface area (Å²) < 4.78 is 10.8. The number of carbonyl (C=O) groups is 1. The average molecular weight is 360 g/mol. The molecule has 0 aromatic carbocycles. The second kappa shape index (κ2) is 7.69. The predicted molar refractivity (Wildman–Crippen MR) is 96.5 cm³/mol. The van der Waals surface area contributed by atoms with Crippen LogP contribution in [0.25, 0.3) is 0 Å². The first kappa shape index (κ1) is 18.1. The molecule has 1 aliphatic heterocycles. The lowest BCUT2D eigenvalue weighted by atomic mass is 10.2. The molecule has 1 saturated heterocycles. The zero-order valence-corrected chi connectivity index (χ0v) is 15.6. The summed E-state index contributed by atoms with van der Waals surface area (Å²) in [5.74, 6) is 2.76. The predicted octanol–water partition coefficient (Wildman–Crippen LogP) is 0.914. The Kier molecular flexibility index (Phi) is 5.36. The van der Waals surface area contributed by atoms with Crippen molar-refractivity contribution >= 4 is 17.8 Å². The van der Waals surface area contributed by atoms with Crippen LogP contribution in [0.4, 0.5) is 11.9 Å². The normalized spacial score (nSPS) is 14.4. The van der Waals surface area contributed by atoms with Crippen LogP contribution in [-0.2, 0) is 11.3 Å². The first-order chi connectivity index (χ1) is 12.4. The number of aromatic nitrogens is 3. The number of furan rings is 1. The van der Waals surface area contributed by atoms with Gasteiger partial charge in [-0.3, -0.25) is 4.79 Å². The first-order valence-corrected chi connectivity index (χ1v) is 8.54. The van der Waals surface area contributed by atoms with Gasteiger partial charge < -0.3 is 24.3 Å². The van der Waals surface area contributed by atoms with E-state index < -0.39 is 0 Å². The molecule has 9 nitrogen and oxygen atoms in total. The summed E-state index contributed by atoms with van der Waals surface area (Å²) in [6, 6.07) is 1.72. The second-order valence-electron chi connectivity index (χ2n) is 6.36. The molecule has 3 heterocycles. The summed E-state index contributed by atoms with van der Waals surface area (Å²) in [4.78, 5) is 29.7. The van der Waals surface area contributed by atoms with Crippen molar-refractivity contribution in [3.8, 4) is 0 Å². The van der Waals surface area contributed by atoms with Crippen LogP contribution in [0.2, 0.25) is 0 Å². The van der Waals surface area contributed by atoms with E-state index in [2.05, 4.69) is 25.2 Å². The van der Waals surface area contributed by atoms with Gasteiger partial charge in [-0.1, -0.05) is 0 Å². The van der Waals surface area contributed by atoms with E-state index in [1.165, 1.54) is 0 Å². The highest BCUT2D eigenvalue weighted by molar-refractivity contribution is 5.95. The van der Waals surface area contributed by atoms with E-state index >= 15 is 0 Å². The Labute approximate surface area is 152 Å². The molecule has 26 heavy (non-hydrogen) atoms. The Morgan fingerprint density at radius 3 is 2.58 bits per heavy atom. The fraction of sp³-hybridized carbons (Fsp3) is 0.529. The number of anilines is 2. The van der Waals surface area contributed by atoms with Crippen molar-refractivity contribution in [2.24, 2.45) is 0 Å². The number of morpholine rings is 1. The lowest BCUT2D eigenvalue weighted by Gasteiger charge is -2.27. The van der Waals surface area contributed by atoms with Gasteiger partial charge in [-0.05, 0) is 19.9 Å². The molecule has 0 saturated carbocycles. The van der Waals surface area contributed by atoms with Crippen LogP contribution in [0.5, 0.6) is 0 Å². The van der Waals surface area contributed by atoms with Crippen LogP contribution >= 0.6 is 0 Å². The van der Waals surface area contributed by atoms with Gasteiger partial charge in [0.2, 0.25) is 11.9 Å². The highest BCUT2D eigenvalue weighted by atomic mass is 16.5. The van der Waals surface area contributed by atoms with Gasteiger partial charge in [-0.25, -0.2) is 0 Å². The maximum atomic E-state index is 12.4. The molecule has 1 fully saturated rings. The molecule has 3 rings (SSSR count). The van der Waals surface area contributed by atoms with E-state index in [4.69, 9.17) is 9.15 Å². The minimum atomic E-state index is -0.209. The number of ether oxygens (including phenoxy) is 1. The standard InChI is InChI=1S/C17H24N6O3/c1-11-9-13(12(2)26-11)15(24)18-10-14-19-16(22(3)4)21-17(20-14)23-5-7-25-8-6-23/h9H,5-8,10H2,1-4H3,(H,18,24). The topological polar surface area (TPSA) is 96.6 Å². The number of carbonyl (C=O) groups excluding carboxylic acids is 1. The molecule has 0 radical (unpaired) electrons. The van der Waals surface area contributed by atoms with E-state index in [9.17, 15) is 4.79 Å². The fourth-order valence-corrected chi connectivity index (χ4v) is 2.69. The molecule has 2 aromatic rings. The van der Waals surface area contributed by atoms with Crippen molar-refractivity contribution in [2.45, 2.75) is 20.4 Å². The molecule has 1 amide bonds. The maximum Gasteiger partial charge on any atom is 0.255 e. The molecular weight excluding hydrogens is 336 g/mol. The molecule has 0 aliphatic carbocycles. The Hall–Kier alpha value is -2.68. The zero-order chi connectivity index (χ0) is 18.7.